The summed E-state index contributed by atoms with van der Waals surface area (Å²) in [7, 11) is 1.16. The Morgan fingerprint density at radius 2 is 0.865 bits per heavy atom. The van der Waals surface area contributed by atoms with Gasteiger partial charge < -0.3 is 28.5 Å². The van der Waals surface area contributed by atoms with Crippen molar-refractivity contribution in [3.05, 3.63) is 85.1 Å². The Kier molecular flexibility index (Phi) is 51.5. The maximum absolute atomic E-state index is 13.5. The molecule has 0 aliphatic heterocycles. The van der Waals surface area contributed by atoms with Crippen LogP contribution < -0.4 is 10.2 Å². The number of phosphoric ester groups is 1. The van der Waals surface area contributed by atoms with Gasteiger partial charge in [0.15, 0.2) is 0 Å². The average Bonchev–Trinajstić information content (AvgIpc) is 3.36. The summed E-state index contributed by atoms with van der Waals surface area (Å²) in [5.74, 6) is -0.578. The number of ether oxygens (including phenoxy) is 1. The van der Waals surface area contributed by atoms with Gasteiger partial charge in [-0.25, -0.2) is 0 Å². The van der Waals surface area contributed by atoms with Gasteiger partial charge >= 0.3 is 5.97 Å². The first-order valence-corrected chi connectivity index (χ1v) is 31.9. The average molecular weight is 1060 g/mol. The highest BCUT2D eigenvalue weighted by molar-refractivity contribution is 7.45. The Balaban J connectivity index is 5.33. The summed E-state index contributed by atoms with van der Waals surface area (Å²) in [6.45, 7) is 6.75. The van der Waals surface area contributed by atoms with Crippen molar-refractivity contribution >= 4 is 19.7 Å². The predicted molar refractivity (Wildman–Crippen MR) is 316 cm³/mol. The largest absolute Gasteiger partial charge is 0.756 e. The van der Waals surface area contributed by atoms with Crippen LogP contribution in [0.2, 0.25) is 0 Å². The van der Waals surface area contributed by atoms with Crippen LogP contribution in [0.3, 0.4) is 0 Å². The molecule has 0 radical (unpaired) electrons. The molecule has 0 aliphatic carbocycles. The maximum Gasteiger partial charge on any atom is 0.306 e. The molecule has 74 heavy (non-hydrogen) atoms. The second-order valence-corrected chi connectivity index (χ2v) is 22.9. The fraction of sp³-hybridized carbons (Fsp3) is 0.750. The van der Waals surface area contributed by atoms with E-state index in [-0.39, 0.29) is 31.3 Å². The maximum atomic E-state index is 13.5. The van der Waals surface area contributed by atoms with Crippen molar-refractivity contribution in [3.63, 3.8) is 0 Å². The minimum absolute atomic E-state index is 0.0318. The van der Waals surface area contributed by atoms with Gasteiger partial charge in [0.05, 0.1) is 33.8 Å². The molecule has 0 rings (SSSR count). The predicted octanol–water partition coefficient (Wildman–Crippen LogP) is 18.0. The summed E-state index contributed by atoms with van der Waals surface area (Å²) in [5.41, 5.74) is 0. The van der Waals surface area contributed by atoms with Gasteiger partial charge in [-0.2, -0.15) is 0 Å². The number of quaternary nitrogens is 1. The highest BCUT2D eigenvalue weighted by Crippen LogP contribution is 2.38. The number of phosphoric acid groups is 1. The number of esters is 1. The van der Waals surface area contributed by atoms with Gasteiger partial charge in [0.2, 0.25) is 5.91 Å². The first-order valence-electron chi connectivity index (χ1n) is 30.4. The monoisotopic (exact) mass is 1050 g/mol. The molecule has 428 valence electrons. The van der Waals surface area contributed by atoms with Crippen molar-refractivity contribution in [2.75, 3.05) is 40.9 Å². The van der Waals surface area contributed by atoms with E-state index in [1.807, 2.05) is 33.3 Å². The molecule has 9 nitrogen and oxygen atoms in total. The van der Waals surface area contributed by atoms with E-state index in [0.717, 1.165) is 116 Å². The Morgan fingerprint density at radius 3 is 1.34 bits per heavy atom. The first kappa shape index (κ1) is 71.2. The highest BCUT2D eigenvalue weighted by Gasteiger charge is 2.27. The zero-order valence-corrected chi connectivity index (χ0v) is 49.7. The summed E-state index contributed by atoms with van der Waals surface area (Å²) in [5, 5.41) is 3.01. The van der Waals surface area contributed by atoms with E-state index in [9.17, 15) is 19.0 Å². The minimum Gasteiger partial charge on any atom is -0.756 e. The molecular weight excluding hydrogens is 940 g/mol. The SMILES string of the molecule is CCCCC/C=C\C/C=C\C/C=C\C/C=C\CCCCCCCC(=O)NC(COP(=O)([O-])OCC[N+](C)(C)C)C(/C=C\CCCCCCCCCCCC)OC(=O)CCCCCCCC/C=C/C=C/CCCCC. The molecule has 0 aromatic carbocycles. The number of amides is 1. The molecule has 0 fully saturated rings. The number of carbonyl (C=O) groups is 2. The van der Waals surface area contributed by atoms with Crippen LogP contribution in [-0.2, 0) is 27.9 Å². The van der Waals surface area contributed by atoms with Crippen molar-refractivity contribution in [2.45, 2.75) is 270 Å². The van der Waals surface area contributed by atoms with Crippen LogP contribution in [0.15, 0.2) is 85.1 Å². The lowest BCUT2D eigenvalue weighted by molar-refractivity contribution is -0.870. The van der Waals surface area contributed by atoms with Gasteiger partial charge in [-0.3, -0.25) is 14.2 Å². The van der Waals surface area contributed by atoms with E-state index in [4.69, 9.17) is 13.8 Å². The third-order valence-corrected chi connectivity index (χ3v) is 14.0. The number of rotatable bonds is 54. The van der Waals surface area contributed by atoms with Crippen LogP contribution in [0.25, 0.3) is 0 Å². The van der Waals surface area contributed by atoms with Crippen LogP contribution in [0, 0.1) is 0 Å². The van der Waals surface area contributed by atoms with Crippen LogP contribution >= 0.6 is 7.82 Å². The fourth-order valence-electron chi connectivity index (χ4n) is 8.32. The van der Waals surface area contributed by atoms with Crippen molar-refractivity contribution in [1.29, 1.82) is 0 Å². The second kappa shape index (κ2) is 53.6. The van der Waals surface area contributed by atoms with Gasteiger partial charge in [0.1, 0.15) is 19.3 Å². The molecule has 0 aromatic heterocycles. The van der Waals surface area contributed by atoms with Crippen LogP contribution in [0.5, 0.6) is 0 Å². The van der Waals surface area contributed by atoms with E-state index in [1.165, 1.54) is 96.3 Å². The molecule has 0 saturated carbocycles. The quantitative estimate of drug-likeness (QED) is 0.0161. The van der Waals surface area contributed by atoms with Gasteiger partial charge in [-0.05, 0) is 102 Å². The second-order valence-electron chi connectivity index (χ2n) is 21.5. The molecule has 1 amide bonds. The Labute approximate surface area is 456 Å². The molecule has 0 spiro atoms. The molecule has 3 atom stereocenters. The normalized spacial score (nSPS) is 14.3. The first-order chi connectivity index (χ1) is 35.9. The van der Waals surface area contributed by atoms with Crippen LogP contribution in [0.1, 0.15) is 258 Å². The number of hydrogen-bond donors (Lipinski definition) is 1. The zero-order valence-electron chi connectivity index (χ0n) is 48.8. The Bertz CT molecular complexity index is 1540. The summed E-state index contributed by atoms with van der Waals surface area (Å²) in [6, 6.07) is -0.907. The van der Waals surface area contributed by atoms with Crippen molar-refractivity contribution < 1.29 is 37.3 Å². The number of allylic oxidation sites excluding steroid dienone is 13. The van der Waals surface area contributed by atoms with E-state index >= 15 is 0 Å². The molecule has 0 aromatic rings. The fourth-order valence-corrected chi connectivity index (χ4v) is 9.04. The van der Waals surface area contributed by atoms with Gasteiger partial charge in [-0.15, -0.1) is 0 Å². The highest BCUT2D eigenvalue weighted by atomic mass is 31.2. The standard InChI is InChI=1S/C64H115N2O7P/c1-7-10-13-16-19-22-25-28-30-31-32-33-34-35-37-38-41-44-47-50-53-56-63(67)65-61(60-72-74(69,70)71-59-58-66(4,5)6)62(55-52-49-46-43-40-27-24-21-18-15-12-9-3)73-64(68)57-54-51-48-45-42-39-36-29-26-23-20-17-14-11-8-2/h19-20,22-23,26,28-30,32-33,35,37,52,55,61-62H,7-18,21,24-25,27,31,34,36,38-51,53-54,56-60H2,1-6H3,(H-,65,67,69,70)/b22-19-,23-20+,29-26+,30-28-,33-32-,37-35-,55-52-. The third-order valence-electron chi connectivity index (χ3n) is 13.1. The molecule has 3 unspecified atom stereocenters. The Hall–Kier alpha value is -2.81. The number of hydrogen-bond acceptors (Lipinski definition) is 7. The van der Waals surface area contributed by atoms with E-state index in [2.05, 4.69) is 99.0 Å². The Morgan fingerprint density at radius 1 is 0.486 bits per heavy atom. The molecule has 0 heterocycles. The van der Waals surface area contributed by atoms with Crippen molar-refractivity contribution in [3.8, 4) is 0 Å². The number of carbonyl (C=O) groups excluding carboxylic acids is 2. The van der Waals surface area contributed by atoms with Crippen LogP contribution in [0.4, 0.5) is 0 Å². The van der Waals surface area contributed by atoms with Gasteiger partial charge in [0, 0.05) is 12.8 Å². The summed E-state index contributed by atoms with van der Waals surface area (Å²) in [4.78, 5) is 39.9. The number of likely N-dealkylation sites (N-methyl/N-ethyl adjacent to an activating group) is 1. The van der Waals surface area contributed by atoms with E-state index < -0.39 is 26.6 Å². The number of nitrogens with zero attached hydrogens (tertiary/aromatic N) is 1. The lowest BCUT2D eigenvalue weighted by Gasteiger charge is -2.30. The lowest BCUT2D eigenvalue weighted by Crippen LogP contribution is -2.47. The topological polar surface area (TPSA) is 114 Å². The number of nitrogens with one attached hydrogen (secondary N) is 1. The van der Waals surface area contributed by atoms with E-state index in [0.29, 0.717) is 23.9 Å². The molecule has 0 aliphatic rings. The van der Waals surface area contributed by atoms with Crippen LogP contribution in [-0.4, -0.2) is 69.4 Å². The smallest absolute Gasteiger partial charge is 0.306 e. The molecular formula is C64H115N2O7P. The number of unbranched alkanes of at least 4 members (excludes halogenated alkanes) is 27. The molecule has 10 heteroatoms. The van der Waals surface area contributed by atoms with Crippen molar-refractivity contribution in [1.82, 2.24) is 5.32 Å². The lowest BCUT2D eigenvalue weighted by atomic mass is 10.0. The zero-order chi connectivity index (χ0) is 54.3. The molecule has 0 bridgehead atoms. The summed E-state index contributed by atoms with van der Waals surface area (Å²) < 4.78 is 30.3. The van der Waals surface area contributed by atoms with Gasteiger partial charge in [-0.1, -0.05) is 228 Å². The summed E-state index contributed by atoms with van der Waals surface area (Å²) >= 11 is 0. The summed E-state index contributed by atoms with van der Waals surface area (Å²) in [6.07, 6.45) is 69.7. The van der Waals surface area contributed by atoms with Gasteiger partial charge in [0.25, 0.3) is 7.82 Å². The minimum atomic E-state index is -4.71. The molecule has 0 saturated heterocycles. The third kappa shape index (κ3) is 54.0. The molecule has 1 N–H and O–H groups in total. The van der Waals surface area contributed by atoms with E-state index in [1.54, 1.807) is 0 Å². The van der Waals surface area contributed by atoms with Crippen molar-refractivity contribution in [2.24, 2.45) is 0 Å².